The molecule has 1 amide bonds. The fourth-order valence-corrected chi connectivity index (χ4v) is 5.33. The Kier molecular flexibility index (Phi) is 8.18. The minimum absolute atomic E-state index is 0.0363. The van der Waals surface area contributed by atoms with E-state index in [1.54, 1.807) is 6.07 Å². The van der Waals surface area contributed by atoms with Crippen molar-refractivity contribution >= 4 is 23.2 Å². The maximum absolute atomic E-state index is 13.2. The van der Waals surface area contributed by atoms with E-state index in [4.69, 9.17) is 4.74 Å². The van der Waals surface area contributed by atoms with E-state index in [1.165, 1.54) is 36.6 Å². The topological polar surface area (TPSA) is 66.8 Å². The third-order valence-electron chi connectivity index (χ3n) is 6.00. The van der Waals surface area contributed by atoms with Crippen molar-refractivity contribution in [1.82, 2.24) is 4.90 Å². The van der Waals surface area contributed by atoms with E-state index in [-0.39, 0.29) is 35.8 Å². The normalized spacial score (nSPS) is 18.4. The van der Waals surface area contributed by atoms with Gasteiger partial charge in [-0.25, -0.2) is 4.79 Å². The molecular formula is C24H28F3NO4S. The number of halogens is 3. The average Bonchev–Trinajstić information content (AvgIpc) is 3.37. The molecule has 5 nitrogen and oxygen atoms in total. The van der Waals surface area contributed by atoms with Crippen LogP contribution in [-0.2, 0) is 28.5 Å². The number of esters is 1. The fourth-order valence-electron chi connectivity index (χ4n) is 4.29. The highest BCUT2D eigenvalue weighted by atomic mass is 32.1. The number of benzene rings is 1. The lowest BCUT2D eigenvalue weighted by molar-refractivity contribution is -0.138. The summed E-state index contributed by atoms with van der Waals surface area (Å²) >= 11 is 1.35. The summed E-state index contributed by atoms with van der Waals surface area (Å²) in [7, 11) is 1.33. The molecule has 1 saturated heterocycles. The van der Waals surface area contributed by atoms with Gasteiger partial charge in [-0.2, -0.15) is 13.2 Å². The Morgan fingerprint density at radius 2 is 1.97 bits per heavy atom. The first-order valence-electron chi connectivity index (χ1n) is 10.9. The van der Waals surface area contributed by atoms with Gasteiger partial charge in [0.2, 0.25) is 5.91 Å². The summed E-state index contributed by atoms with van der Waals surface area (Å²) < 4.78 is 44.2. The molecule has 1 fully saturated rings. The molecule has 3 atom stereocenters. The molecule has 0 bridgehead atoms. The molecule has 0 spiro atoms. The molecule has 1 aliphatic rings. The number of likely N-dealkylation sites (tertiary alicyclic amines) is 1. The Morgan fingerprint density at radius 3 is 2.67 bits per heavy atom. The lowest BCUT2D eigenvalue weighted by atomic mass is 9.95. The van der Waals surface area contributed by atoms with Crippen molar-refractivity contribution in [3.8, 4) is 0 Å². The van der Waals surface area contributed by atoms with E-state index < -0.39 is 17.8 Å². The van der Waals surface area contributed by atoms with Gasteiger partial charge < -0.3 is 14.7 Å². The van der Waals surface area contributed by atoms with Gasteiger partial charge in [-0.1, -0.05) is 18.2 Å². The van der Waals surface area contributed by atoms with Crippen LogP contribution in [0.4, 0.5) is 13.2 Å². The van der Waals surface area contributed by atoms with Crippen LogP contribution in [0, 0.1) is 5.92 Å². The minimum atomic E-state index is -4.45. The van der Waals surface area contributed by atoms with E-state index in [9.17, 15) is 27.9 Å². The van der Waals surface area contributed by atoms with Gasteiger partial charge in [-0.05, 0) is 55.9 Å². The van der Waals surface area contributed by atoms with Crippen molar-refractivity contribution in [1.29, 1.82) is 0 Å². The molecule has 9 heteroatoms. The first kappa shape index (κ1) is 25.2. The maximum Gasteiger partial charge on any atom is 0.416 e. The van der Waals surface area contributed by atoms with Gasteiger partial charge in [0.1, 0.15) is 4.88 Å². The lowest BCUT2D eigenvalue weighted by Crippen LogP contribution is -2.35. The Balaban J connectivity index is 1.50. The van der Waals surface area contributed by atoms with Crippen LogP contribution < -0.4 is 0 Å². The number of rotatable bonds is 9. The molecule has 2 heterocycles. The molecule has 0 aliphatic carbocycles. The zero-order chi connectivity index (χ0) is 24.2. The van der Waals surface area contributed by atoms with Crippen LogP contribution in [0.3, 0.4) is 0 Å². The Bertz CT molecular complexity index is 975. The van der Waals surface area contributed by atoms with E-state index in [0.717, 1.165) is 10.9 Å². The molecule has 1 aromatic heterocycles. The van der Waals surface area contributed by atoms with Crippen LogP contribution >= 0.6 is 11.3 Å². The van der Waals surface area contributed by atoms with Gasteiger partial charge in [0.15, 0.2) is 0 Å². The van der Waals surface area contributed by atoms with Gasteiger partial charge in [0, 0.05) is 30.3 Å². The highest BCUT2D eigenvalue weighted by Gasteiger charge is 2.34. The zero-order valence-corrected chi connectivity index (χ0v) is 19.4. The number of hydrogen-bond donors (Lipinski definition) is 1. The van der Waals surface area contributed by atoms with Crippen LogP contribution in [0.5, 0.6) is 0 Å². The molecule has 33 heavy (non-hydrogen) atoms. The third-order valence-corrected chi connectivity index (χ3v) is 7.09. The second-order valence-electron chi connectivity index (χ2n) is 8.52. The summed E-state index contributed by atoms with van der Waals surface area (Å²) in [5, 5.41) is 10.4. The third kappa shape index (κ3) is 6.57. The number of nitrogens with zero attached hydrogens (tertiary/aromatic N) is 1. The Labute approximate surface area is 195 Å². The molecule has 1 aromatic carbocycles. The zero-order valence-electron chi connectivity index (χ0n) is 18.6. The van der Waals surface area contributed by atoms with Crippen molar-refractivity contribution in [3.05, 3.63) is 57.3 Å². The van der Waals surface area contributed by atoms with Crippen molar-refractivity contribution in [3.63, 3.8) is 0 Å². The number of methoxy groups -OCH3 is 1. The smallest absolute Gasteiger partial charge is 0.416 e. The summed E-state index contributed by atoms with van der Waals surface area (Å²) in [6, 6.07) is 8.82. The van der Waals surface area contributed by atoms with Crippen LogP contribution in [0.25, 0.3) is 0 Å². The van der Waals surface area contributed by atoms with Crippen LogP contribution in [0.2, 0.25) is 0 Å². The molecule has 1 aliphatic heterocycles. The van der Waals surface area contributed by atoms with E-state index in [2.05, 4.69) is 0 Å². The monoisotopic (exact) mass is 483 g/mol. The van der Waals surface area contributed by atoms with Crippen molar-refractivity contribution in [2.24, 2.45) is 5.92 Å². The maximum atomic E-state index is 13.2. The molecule has 0 radical (unpaired) electrons. The summed E-state index contributed by atoms with van der Waals surface area (Å²) in [5.74, 6) is -0.289. The fraction of sp³-hybridized carbons (Fsp3) is 0.500. The van der Waals surface area contributed by atoms with Crippen LogP contribution in [0.1, 0.15) is 51.9 Å². The van der Waals surface area contributed by atoms with Crippen molar-refractivity contribution in [2.45, 2.75) is 57.3 Å². The SMILES string of the molecule is COC(=O)c1ccc(C[C@H](C)N2CC(CCC(O)Cc3ccccc3C(F)(F)F)CC2=O)s1. The van der Waals surface area contributed by atoms with Crippen molar-refractivity contribution < 1.29 is 32.6 Å². The largest absolute Gasteiger partial charge is 0.465 e. The number of ether oxygens (including phenoxy) is 1. The van der Waals surface area contributed by atoms with E-state index >= 15 is 0 Å². The molecule has 2 unspecified atom stereocenters. The summed E-state index contributed by atoms with van der Waals surface area (Å²) in [5.41, 5.74) is -0.637. The van der Waals surface area contributed by atoms with Gasteiger partial charge in [-0.3, -0.25) is 4.79 Å². The lowest BCUT2D eigenvalue weighted by Gasteiger charge is -2.24. The molecule has 0 saturated carbocycles. The number of carbonyl (C=O) groups is 2. The number of aliphatic hydroxyl groups is 1. The summed E-state index contributed by atoms with van der Waals surface area (Å²) in [6.45, 7) is 2.52. The summed E-state index contributed by atoms with van der Waals surface area (Å²) in [4.78, 5) is 27.5. The summed E-state index contributed by atoms with van der Waals surface area (Å²) in [6.07, 6.45) is -3.54. The number of carbonyl (C=O) groups excluding carboxylic acids is 2. The van der Waals surface area contributed by atoms with Crippen LogP contribution in [-0.4, -0.2) is 47.7 Å². The second kappa shape index (κ2) is 10.7. The van der Waals surface area contributed by atoms with Gasteiger partial charge >= 0.3 is 12.1 Å². The molecular weight excluding hydrogens is 455 g/mol. The Morgan fingerprint density at radius 1 is 1.24 bits per heavy atom. The predicted octanol–water partition coefficient (Wildman–Crippen LogP) is 4.72. The van der Waals surface area contributed by atoms with Gasteiger partial charge in [0.25, 0.3) is 0 Å². The molecule has 3 rings (SSSR count). The predicted molar refractivity (Wildman–Crippen MR) is 119 cm³/mol. The first-order valence-corrected chi connectivity index (χ1v) is 11.7. The standard InChI is InChI=1S/C24H28F3NO4S/c1-15(11-19-9-10-21(33-19)23(31)32-2)28-14-16(12-22(28)30)7-8-18(29)13-17-5-3-4-6-20(17)24(25,26)27/h3-6,9-10,15-16,18,29H,7-8,11-14H2,1-2H3/t15-,16?,18?/m0/s1. The van der Waals surface area contributed by atoms with Gasteiger partial charge in [-0.15, -0.1) is 11.3 Å². The number of thiophene rings is 1. The number of hydrogen-bond acceptors (Lipinski definition) is 5. The highest BCUT2D eigenvalue weighted by Crippen LogP contribution is 2.33. The molecule has 1 N–H and O–H groups in total. The quantitative estimate of drug-likeness (QED) is 0.525. The molecule has 180 valence electrons. The van der Waals surface area contributed by atoms with E-state index in [1.807, 2.05) is 17.9 Å². The second-order valence-corrected chi connectivity index (χ2v) is 9.69. The molecule has 2 aromatic rings. The average molecular weight is 484 g/mol. The first-order chi connectivity index (χ1) is 15.6. The van der Waals surface area contributed by atoms with Gasteiger partial charge in [0.05, 0.1) is 18.8 Å². The van der Waals surface area contributed by atoms with Crippen LogP contribution in [0.15, 0.2) is 36.4 Å². The number of aliphatic hydroxyl groups excluding tert-OH is 1. The van der Waals surface area contributed by atoms with Crippen molar-refractivity contribution in [2.75, 3.05) is 13.7 Å². The minimum Gasteiger partial charge on any atom is -0.465 e. The number of amides is 1. The van der Waals surface area contributed by atoms with E-state index in [0.29, 0.717) is 37.1 Å². The number of alkyl halides is 3. The Hall–Kier alpha value is -2.39. The highest BCUT2D eigenvalue weighted by molar-refractivity contribution is 7.13.